The van der Waals surface area contributed by atoms with Crippen LogP contribution in [0, 0.1) is 6.92 Å². The molecule has 0 spiro atoms. The van der Waals surface area contributed by atoms with Crippen LogP contribution in [0.1, 0.15) is 46.1 Å². The fourth-order valence-electron chi connectivity index (χ4n) is 3.11. The third kappa shape index (κ3) is 2.73. The van der Waals surface area contributed by atoms with Crippen LogP contribution in [0.3, 0.4) is 0 Å². The number of hydrogen-bond acceptors (Lipinski definition) is 2. The maximum absolute atomic E-state index is 12.1. The molecule has 0 N–H and O–H groups in total. The van der Waals surface area contributed by atoms with Crippen molar-refractivity contribution in [1.82, 2.24) is 4.57 Å². The Balaban J connectivity index is 1.87. The van der Waals surface area contributed by atoms with Crippen LogP contribution < -0.4 is 0 Å². The summed E-state index contributed by atoms with van der Waals surface area (Å²) in [7, 11) is 0. The Morgan fingerprint density at radius 1 is 1.24 bits per heavy atom. The van der Waals surface area contributed by atoms with Gasteiger partial charge in [0, 0.05) is 12.7 Å². The molecule has 0 aliphatic heterocycles. The lowest BCUT2D eigenvalue weighted by Gasteiger charge is -2.11. The van der Waals surface area contributed by atoms with Crippen molar-refractivity contribution in [2.24, 2.45) is 0 Å². The molecule has 21 heavy (non-hydrogen) atoms. The number of ether oxygens (including phenoxy) is 1. The van der Waals surface area contributed by atoms with Crippen molar-refractivity contribution in [2.75, 3.05) is 6.61 Å². The van der Waals surface area contributed by atoms with Gasteiger partial charge < -0.3 is 9.30 Å². The molecule has 1 aromatic heterocycles. The lowest BCUT2D eigenvalue weighted by Crippen LogP contribution is -2.13. The van der Waals surface area contributed by atoms with Crippen LogP contribution in [0.5, 0.6) is 0 Å². The van der Waals surface area contributed by atoms with E-state index in [0.29, 0.717) is 12.3 Å². The molecule has 0 fully saturated rings. The quantitative estimate of drug-likeness (QED) is 0.804. The van der Waals surface area contributed by atoms with Crippen molar-refractivity contribution in [3.05, 3.63) is 58.4 Å². The van der Waals surface area contributed by atoms with E-state index in [2.05, 4.69) is 18.2 Å². The number of hydrogen-bond donors (Lipinski definition) is 0. The number of benzene rings is 1. The van der Waals surface area contributed by atoms with Crippen molar-refractivity contribution in [3.63, 3.8) is 0 Å². The van der Waals surface area contributed by atoms with Gasteiger partial charge in [0.05, 0.1) is 6.61 Å². The van der Waals surface area contributed by atoms with E-state index < -0.39 is 0 Å². The molecule has 3 rings (SSSR count). The van der Waals surface area contributed by atoms with Crippen molar-refractivity contribution in [1.29, 1.82) is 0 Å². The zero-order chi connectivity index (χ0) is 14.8. The highest BCUT2D eigenvalue weighted by Crippen LogP contribution is 2.24. The van der Waals surface area contributed by atoms with Gasteiger partial charge in [-0.15, -0.1) is 0 Å². The van der Waals surface area contributed by atoms with E-state index in [1.807, 2.05) is 30.7 Å². The average molecular weight is 283 g/mol. The Morgan fingerprint density at radius 2 is 2.05 bits per heavy atom. The molecule has 1 heterocycles. The summed E-state index contributed by atoms with van der Waals surface area (Å²) in [5.41, 5.74) is 5.82. The second kappa shape index (κ2) is 5.76. The van der Waals surface area contributed by atoms with E-state index in [4.69, 9.17) is 4.74 Å². The highest BCUT2D eigenvalue weighted by Gasteiger charge is 2.17. The minimum absolute atomic E-state index is 0.235. The minimum Gasteiger partial charge on any atom is -0.461 e. The molecular weight excluding hydrogens is 262 g/mol. The summed E-state index contributed by atoms with van der Waals surface area (Å²) in [4.78, 5) is 12.1. The number of carbonyl (C=O) groups is 1. The first-order valence-electron chi connectivity index (χ1n) is 7.62. The molecule has 0 amide bonds. The molecule has 1 aliphatic carbocycles. The maximum Gasteiger partial charge on any atom is 0.355 e. The standard InChI is InChI=1S/C18H21NO2/c1-3-21-18(20)17-13(2)9-10-19(17)12-14-7-8-15-5-4-6-16(15)11-14/h7-11H,3-6,12H2,1-2H3. The topological polar surface area (TPSA) is 31.2 Å². The highest BCUT2D eigenvalue weighted by molar-refractivity contribution is 5.89. The smallest absolute Gasteiger partial charge is 0.355 e. The molecule has 0 saturated heterocycles. The number of fused-ring (bicyclic) bond motifs is 1. The van der Waals surface area contributed by atoms with Crippen LogP contribution >= 0.6 is 0 Å². The van der Waals surface area contributed by atoms with Crippen molar-refractivity contribution in [2.45, 2.75) is 39.7 Å². The van der Waals surface area contributed by atoms with Gasteiger partial charge in [-0.05, 0) is 61.4 Å². The van der Waals surface area contributed by atoms with Gasteiger partial charge in [0.2, 0.25) is 0 Å². The predicted octanol–water partition coefficient (Wildman–Crippen LogP) is 3.51. The van der Waals surface area contributed by atoms with Gasteiger partial charge in [-0.1, -0.05) is 18.2 Å². The Kier molecular flexibility index (Phi) is 3.82. The number of aromatic nitrogens is 1. The molecule has 0 bridgehead atoms. The molecule has 3 nitrogen and oxygen atoms in total. The zero-order valence-corrected chi connectivity index (χ0v) is 12.7. The van der Waals surface area contributed by atoms with Gasteiger partial charge in [0.15, 0.2) is 0 Å². The summed E-state index contributed by atoms with van der Waals surface area (Å²) in [6, 6.07) is 8.67. The van der Waals surface area contributed by atoms with Crippen LogP contribution in [0.2, 0.25) is 0 Å². The van der Waals surface area contributed by atoms with E-state index in [0.717, 1.165) is 12.1 Å². The van der Waals surface area contributed by atoms with Crippen LogP contribution in [0.15, 0.2) is 30.5 Å². The first kappa shape index (κ1) is 13.9. The predicted molar refractivity (Wildman–Crippen MR) is 82.7 cm³/mol. The number of carbonyl (C=O) groups excluding carboxylic acids is 1. The fourth-order valence-corrected chi connectivity index (χ4v) is 3.11. The first-order valence-corrected chi connectivity index (χ1v) is 7.62. The van der Waals surface area contributed by atoms with E-state index in [-0.39, 0.29) is 5.97 Å². The number of nitrogens with zero attached hydrogens (tertiary/aromatic N) is 1. The Bertz CT molecular complexity index is 670. The third-order valence-corrected chi connectivity index (χ3v) is 4.15. The van der Waals surface area contributed by atoms with Crippen LogP contribution in [-0.2, 0) is 24.1 Å². The molecule has 1 aromatic carbocycles. The van der Waals surface area contributed by atoms with Crippen LogP contribution in [0.25, 0.3) is 0 Å². The first-order chi connectivity index (χ1) is 10.2. The molecule has 0 saturated carbocycles. The van der Waals surface area contributed by atoms with Gasteiger partial charge in [-0.25, -0.2) is 4.79 Å². The van der Waals surface area contributed by atoms with Gasteiger partial charge in [-0.2, -0.15) is 0 Å². The number of esters is 1. The minimum atomic E-state index is -0.235. The summed E-state index contributed by atoms with van der Waals surface area (Å²) in [5.74, 6) is -0.235. The number of aryl methyl sites for hydroxylation is 3. The van der Waals surface area contributed by atoms with Gasteiger partial charge in [0.1, 0.15) is 5.69 Å². The fraction of sp³-hybridized carbons (Fsp3) is 0.389. The summed E-state index contributed by atoms with van der Waals surface area (Å²) in [6.07, 6.45) is 5.61. The molecule has 2 aromatic rings. The highest BCUT2D eigenvalue weighted by atomic mass is 16.5. The van der Waals surface area contributed by atoms with Crippen LogP contribution in [0.4, 0.5) is 0 Å². The lowest BCUT2D eigenvalue weighted by atomic mass is 10.1. The Hall–Kier alpha value is -2.03. The van der Waals surface area contributed by atoms with E-state index in [1.165, 1.54) is 36.0 Å². The summed E-state index contributed by atoms with van der Waals surface area (Å²) >= 11 is 0. The zero-order valence-electron chi connectivity index (χ0n) is 12.7. The molecule has 110 valence electrons. The van der Waals surface area contributed by atoms with Crippen molar-refractivity contribution in [3.8, 4) is 0 Å². The van der Waals surface area contributed by atoms with Crippen molar-refractivity contribution >= 4 is 5.97 Å². The molecular formula is C18H21NO2. The second-order valence-electron chi connectivity index (χ2n) is 5.65. The summed E-state index contributed by atoms with van der Waals surface area (Å²) in [6.45, 7) is 4.91. The maximum atomic E-state index is 12.1. The number of rotatable bonds is 4. The van der Waals surface area contributed by atoms with Gasteiger partial charge >= 0.3 is 5.97 Å². The molecule has 3 heteroatoms. The van der Waals surface area contributed by atoms with Gasteiger partial charge in [0.25, 0.3) is 0 Å². The SMILES string of the molecule is CCOC(=O)c1c(C)ccn1Cc1ccc2c(c1)CCC2. The Morgan fingerprint density at radius 3 is 2.86 bits per heavy atom. The largest absolute Gasteiger partial charge is 0.461 e. The van der Waals surface area contributed by atoms with Crippen LogP contribution in [-0.4, -0.2) is 17.1 Å². The third-order valence-electron chi connectivity index (χ3n) is 4.15. The van der Waals surface area contributed by atoms with E-state index >= 15 is 0 Å². The lowest BCUT2D eigenvalue weighted by molar-refractivity contribution is 0.0513. The molecule has 0 atom stereocenters. The second-order valence-corrected chi connectivity index (χ2v) is 5.65. The normalized spacial score (nSPS) is 13.2. The van der Waals surface area contributed by atoms with E-state index in [1.54, 1.807) is 0 Å². The monoisotopic (exact) mass is 283 g/mol. The molecule has 1 aliphatic rings. The van der Waals surface area contributed by atoms with E-state index in [9.17, 15) is 4.79 Å². The van der Waals surface area contributed by atoms with Gasteiger partial charge in [-0.3, -0.25) is 0 Å². The molecule has 0 unspecified atom stereocenters. The summed E-state index contributed by atoms with van der Waals surface area (Å²) in [5, 5.41) is 0. The Labute approximate surface area is 125 Å². The summed E-state index contributed by atoms with van der Waals surface area (Å²) < 4.78 is 7.15. The molecule has 0 radical (unpaired) electrons. The average Bonchev–Trinajstić information content (AvgIpc) is 3.05. The van der Waals surface area contributed by atoms with Crippen molar-refractivity contribution < 1.29 is 9.53 Å².